The zero-order valence-corrected chi connectivity index (χ0v) is 11.6. The molecule has 0 aromatic heterocycles. The fourth-order valence-corrected chi connectivity index (χ4v) is 7.25. The van der Waals surface area contributed by atoms with E-state index in [0.29, 0.717) is 5.54 Å². The van der Waals surface area contributed by atoms with E-state index in [1.165, 1.54) is 17.2 Å². The standard InChI is InChI=1S/C10H23NSSi/c1-6-9(2)11(10(3,4)5)13-7-12-8-13/h9,13H,6-8H2,1-5H3. The van der Waals surface area contributed by atoms with E-state index in [1.807, 2.05) is 0 Å². The van der Waals surface area contributed by atoms with Crippen LogP contribution in [0.15, 0.2) is 0 Å². The van der Waals surface area contributed by atoms with Crippen molar-refractivity contribution in [3.8, 4) is 0 Å². The SMILES string of the molecule is CCC(C)N([SiH]1CSC1)C(C)(C)C. The van der Waals surface area contributed by atoms with Crippen LogP contribution in [0.25, 0.3) is 0 Å². The summed E-state index contributed by atoms with van der Waals surface area (Å²) in [5, 5.41) is 2.95. The van der Waals surface area contributed by atoms with Gasteiger partial charge in [-0.1, -0.05) is 13.8 Å². The van der Waals surface area contributed by atoms with E-state index in [-0.39, 0.29) is 0 Å². The molecule has 3 heteroatoms. The molecule has 0 amide bonds. The molecule has 0 spiro atoms. The van der Waals surface area contributed by atoms with E-state index in [0.717, 1.165) is 6.04 Å². The molecular formula is C10H23NSSi. The summed E-state index contributed by atoms with van der Waals surface area (Å²) in [6.07, 6.45) is 1.30. The number of rotatable bonds is 3. The minimum atomic E-state index is -0.520. The van der Waals surface area contributed by atoms with Gasteiger partial charge in [-0.25, -0.2) is 0 Å². The second-order valence-electron chi connectivity index (χ2n) is 5.03. The summed E-state index contributed by atoms with van der Waals surface area (Å²) in [7, 11) is -0.520. The third kappa shape index (κ3) is 2.74. The van der Waals surface area contributed by atoms with Gasteiger partial charge in [-0.2, -0.15) is 11.8 Å². The van der Waals surface area contributed by atoms with Crippen molar-refractivity contribution in [2.75, 3.05) is 10.8 Å². The van der Waals surface area contributed by atoms with Gasteiger partial charge in [0.25, 0.3) is 0 Å². The second kappa shape index (κ2) is 4.37. The molecule has 1 atom stereocenters. The number of nitrogens with zero attached hydrogens (tertiary/aromatic N) is 1. The number of hydrogen-bond donors (Lipinski definition) is 0. The molecule has 1 aliphatic rings. The number of hydrogen-bond acceptors (Lipinski definition) is 2. The Kier molecular flexibility index (Phi) is 3.90. The van der Waals surface area contributed by atoms with E-state index in [4.69, 9.17) is 0 Å². The summed E-state index contributed by atoms with van der Waals surface area (Å²) < 4.78 is 2.84. The van der Waals surface area contributed by atoms with Crippen molar-refractivity contribution in [2.24, 2.45) is 0 Å². The summed E-state index contributed by atoms with van der Waals surface area (Å²) in [5.41, 5.74) is 0.396. The normalized spacial score (nSPS) is 21.7. The van der Waals surface area contributed by atoms with Crippen LogP contribution in [0.4, 0.5) is 0 Å². The Labute approximate surface area is 89.0 Å². The van der Waals surface area contributed by atoms with Crippen LogP contribution in [-0.2, 0) is 0 Å². The van der Waals surface area contributed by atoms with Crippen molar-refractivity contribution in [3.05, 3.63) is 0 Å². The zero-order chi connectivity index (χ0) is 10.1. The molecule has 1 nitrogen and oxygen atoms in total. The van der Waals surface area contributed by atoms with Crippen molar-refractivity contribution >= 4 is 20.7 Å². The molecule has 0 saturated carbocycles. The molecule has 1 rings (SSSR count). The van der Waals surface area contributed by atoms with Gasteiger partial charge in [0.15, 0.2) is 0 Å². The third-order valence-electron chi connectivity index (χ3n) is 2.85. The minimum absolute atomic E-state index is 0.396. The van der Waals surface area contributed by atoms with Gasteiger partial charge in [0.2, 0.25) is 0 Å². The molecule has 0 N–H and O–H groups in total. The Balaban J connectivity index is 2.63. The van der Waals surface area contributed by atoms with Gasteiger partial charge < -0.3 is 4.57 Å². The summed E-state index contributed by atoms with van der Waals surface area (Å²) in [4.78, 5) is 0. The molecule has 1 unspecified atom stereocenters. The molecule has 0 aliphatic carbocycles. The number of thioether (sulfide) groups is 1. The van der Waals surface area contributed by atoms with Crippen molar-refractivity contribution in [3.63, 3.8) is 0 Å². The van der Waals surface area contributed by atoms with Crippen LogP contribution >= 0.6 is 11.8 Å². The minimum Gasteiger partial charge on any atom is -0.318 e. The molecule has 13 heavy (non-hydrogen) atoms. The fourth-order valence-electron chi connectivity index (χ4n) is 2.15. The fraction of sp³-hybridized carbons (Fsp3) is 1.00. The van der Waals surface area contributed by atoms with E-state index in [2.05, 4.69) is 50.9 Å². The first kappa shape index (κ1) is 11.6. The van der Waals surface area contributed by atoms with Crippen molar-refractivity contribution < 1.29 is 0 Å². The predicted molar refractivity (Wildman–Crippen MR) is 65.8 cm³/mol. The maximum atomic E-state index is 2.84. The summed E-state index contributed by atoms with van der Waals surface area (Å²) in [6, 6.07) is 0.789. The first-order chi connectivity index (χ1) is 5.96. The molecule has 1 saturated heterocycles. The van der Waals surface area contributed by atoms with Crippen LogP contribution in [-0.4, -0.2) is 35.9 Å². The van der Waals surface area contributed by atoms with Gasteiger partial charge in [-0.15, -0.1) is 0 Å². The van der Waals surface area contributed by atoms with Gasteiger partial charge in [0.05, 0.1) is 0 Å². The largest absolute Gasteiger partial charge is 0.318 e. The van der Waals surface area contributed by atoms with E-state index >= 15 is 0 Å². The van der Waals surface area contributed by atoms with Crippen molar-refractivity contribution in [1.29, 1.82) is 0 Å². The van der Waals surface area contributed by atoms with E-state index in [9.17, 15) is 0 Å². The lowest BCUT2D eigenvalue weighted by Gasteiger charge is -2.48. The smallest absolute Gasteiger partial charge is 0.132 e. The molecular weight excluding hydrogens is 194 g/mol. The quantitative estimate of drug-likeness (QED) is 0.668. The Hall–Kier alpha value is 0.527. The first-order valence-corrected chi connectivity index (χ1v) is 8.63. The van der Waals surface area contributed by atoms with E-state index < -0.39 is 8.96 Å². The molecule has 0 aromatic carbocycles. The second-order valence-corrected chi connectivity index (χ2v) is 9.97. The predicted octanol–water partition coefficient (Wildman–Crippen LogP) is 2.43. The molecule has 0 radical (unpaired) electrons. The third-order valence-corrected chi connectivity index (χ3v) is 9.89. The highest BCUT2D eigenvalue weighted by Crippen LogP contribution is 2.28. The van der Waals surface area contributed by atoms with Gasteiger partial charge >= 0.3 is 0 Å². The Morgan fingerprint density at radius 2 is 1.92 bits per heavy atom. The summed E-state index contributed by atoms with van der Waals surface area (Å²) in [5.74, 6) is 0. The monoisotopic (exact) mass is 217 g/mol. The lowest BCUT2D eigenvalue weighted by molar-refractivity contribution is 0.191. The highest BCUT2D eigenvalue weighted by atomic mass is 32.2. The molecule has 0 bridgehead atoms. The topological polar surface area (TPSA) is 3.24 Å². The van der Waals surface area contributed by atoms with Crippen LogP contribution in [0.1, 0.15) is 41.0 Å². The maximum Gasteiger partial charge on any atom is 0.132 e. The average Bonchev–Trinajstić information content (AvgIpc) is 1.92. The van der Waals surface area contributed by atoms with Gasteiger partial charge in [-0.3, -0.25) is 0 Å². The lowest BCUT2D eigenvalue weighted by atomic mass is 10.1. The van der Waals surface area contributed by atoms with Crippen LogP contribution in [0, 0.1) is 0 Å². The van der Waals surface area contributed by atoms with E-state index in [1.54, 1.807) is 0 Å². The summed E-state index contributed by atoms with van der Waals surface area (Å²) in [6.45, 7) is 11.8. The highest BCUT2D eigenvalue weighted by Gasteiger charge is 2.36. The van der Waals surface area contributed by atoms with Crippen LogP contribution in [0.5, 0.6) is 0 Å². The maximum absolute atomic E-state index is 2.84. The molecule has 78 valence electrons. The average molecular weight is 217 g/mol. The van der Waals surface area contributed by atoms with Crippen LogP contribution in [0.3, 0.4) is 0 Å². The molecule has 1 heterocycles. The Bertz CT molecular complexity index is 158. The molecule has 1 fully saturated rings. The van der Waals surface area contributed by atoms with Crippen molar-refractivity contribution in [1.82, 2.24) is 4.57 Å². The summed E-state index contributed by atoms with van der Waals surface area (Å²) >= 11 is 2.14. The van der Waals surface area contributed by atoms with Crippen molar-refractivity contribution in [2.45, 2.75) is 52.6 Å². The first-order valence-electron chi connectivity index (χ1n) is 5.33. The van der Waals surface area contributed by atoms with Gasteiger partial charge in [-0.05, 0) is 37.9 Å². The van der Waals surface area contributed by atoms with Crippen LogP contribution < -0.4 is 0 Å². The highest BCUT2D eigenvalue weighted by molar-refractivity contribution is 8.05. The zero-order valence-electron chi connectivity index (χ0n) is 9.63. The lowest BCUT2D eigenvalue weighted by Crippen LogP contribution is -2.60. The van der Waals surface area contributed by atoms with Gasteiger partial charge in [0, 0.05) is 11.6 Å². The van der Waals surface area contributed by atoms with Crippen LogP contribution in [0.2, 0.25) is 0 Å². The van der Waals surface area contributed by atoms with Gasteiger partial charge in [0.1, 0.15) is 8.96 Å². The molecule has 1 aliphatic heterocycles. The Morgan fingerprint density at radius 1 is 1.38 bits per heavy atom. The molecule has 0 aromatic rings. The Morgan fingerprint density at radius 3 is 2.15 bits per heavy atom.